The molecule has 2 aromatic rings. The second-order valence-electron chi connectivity index (χ2n) is 12.8. The van der Waals surface area contributed by atoms with Crippen LogP contribution >= 0.6 is 11.3 Å². The van der Waals surface area contributed by atoms with E-state index in [4.69, 9.17) is 9.47 Å². The van der Waals surface area contributed by atoms with Gasteiger partial charge in [0.05, 0.1) is 42.3 Å². The Hall–Kier alpha value is -3.31. The first-order valence-electron chi connectivity index (χ1n) is 16.4. The van der Waals surface area contributed by atoms with Crippen molar-refractivity contribution in [3.8, 4) is 0 Å². The fourth-order valence-electron chi connectivity index (χ4n) is 6.73. The summed E-state index contributed by atoms with van der Waals surface area (Å²) in [6.45, 7) is 3.82. The van der Waals surface area contributed by atoms with E-state index in [-0.39, 0.29) is 48.5 Å². The lowest BCUT2D eigenvalue weighted by Crippen LogP contribution is -2.55. The molecule has 0 unspecified atom stereocenters. The number of carbonyl (C=O) groups is 4. The van der Waals surface area contributed by atoms with Crippen molar-refractivity contribution < 1.29 is 28.7 Å². The zero-order chi connectivity index (χ0) is 31.6. The largest absolute Gasteiger partial charge is 0.460 e. The van der Waals surface area contributed by atoms with Gasteiger partial charge in [-0.1, -0.05) is 69.4 Å². The second kappa shape index (κ2) is 16.3. The molecule has 0 radical (unpaired) electrons. The standard InChI is InChI=1S/C34H46N4O6S/c1-23-16-30(44-34(23)42)28(18-25-10-6-3-7-11-25)36-33(41)29(20-27-21-45-22-35-27)37-32(40)26(17-24-8-4-2-5-9-24)19-31(39)38-12-14-43-15-13-38/h2,4-5,8-9,21-23,25-26,28-30H,3,6-7,10-20H2,1H3,(H,36,41)(H,37,40)/t23-,26-,28+,29+,30+/m1/s1. The third kappa shape index (κ3) is 9.59. The molecular formula is C34H46N4O6S. The minimum atomic E-state index is -0.903. The third-order valence-electron chi connectivity index (χ3n) is 9.35. The number of rotatable bonds is 13. The molecule has 11 heteroatoms. The number of benzene rings is 1. The van der Waals surface area contributed by atoms with E-state index in [9.17, 15) is 19.2 Å². The Labute approximate surface area is 269 Å². The molecule has 2 aliphatic heterocycles. The molecule has 0 spiro atoms. The number of ether oxygens (including phenoxy) is 2. The molecule has 3 amide bonds. The minimum Gasteiger partial charge on any atom is -0.460 e. The van der Waals surface area contributed by atoms with Crippen molar-refractivity contribution in [3.63, 3.8) is 0 Å². The predicted molar refractivity (Wildman–Crippen MR) is 170 cm³/mol. The molecule has 0 bridgehead atoms. The summed E-state index contributed by atoms with van der Waals surface area (Å²) in [5, 5.41) is 8.08. The average Bonchev–Trinajstić information content (AvgIpc) is 3.70. The molecule has 2 N–H and O–H groups in total. The van der Waals surface area contributed by atoms with Crippen LogP contribution in [0, 0.1) is 17.8 Å². The number of thiazole rings is 1. The average molecular weight is 639 g/mol. The Balaban J connectivity index is 1.33. The molecule has 3 aliphatic rings. The number of morpholine rings is 1. The summed E-state index contributed by atoms with van der Waals surface area (Å²) >= 11 is 1.43. The minimum absolute atomic E-state index is 0.0337. The monoisotopic (exact) mass is 638 g/mol. The molecule has 10 nitrogen and oxygen atoms in total. The van der Waals surface area contributed by atoms with Crippen molar-refractivity contribution in [1.29, 1.82) is 0 Å². The van der Waals surface area contributed by atoms with Gasteiger partial charge in [-0.2, -0.15) is 0 Å². The Bertz CT molecular complexity index is 1260. The third-order valence-corrected chi connectivity index (χ3v) is 9.99. The highest BCUT2D eigenvalue weighted by molar-refractivity contribution is 7.07. The van der Waals surface area contributed by atoms with Crippen LogP contribution in [0.5, 0.6) is 0 Å². The van der Waals surface area contributed by atoms with Crippen LogP contribution in [-0.4, -0.2) is 78.1 Å². The van der Waals surface area contributed by atoms with E-state index in [1.165, 1.54) is 30.6 Å². The van der Waals surface area contributed by atoms with Crippen molar-refractivity contribution in [3.05, 3.63) is 52.5 Å². The maximum absolute atomic E-state index is 14.0. The Morgan fingerprint density at radius 2 is 1.78 bits per heavy atom. The molecule has 3 fully saturated rings. The summed E-state index contributed by atoms with van der Waals surface area (Å²) in [6.07, 6.45) is 7.27. The van der Waals surface area contributed by atoms with E-state index < -0.39 is 18.1 Å². The van der Waals surface area contributed by atoms with E-state index in [1.807, 2.05) is 42.6 Å². The van der Waals surface area contributed by atoms with Crippen LogP contribution in [0.2, 0.25) is 0 Å². The smallest absolute Gasteiger partial charge is 0.309 e. The van der Waals surface area contributed by atoms with Crippen LogP contribution in [0.1, 0.15) is 69.5 Å². The molecule has 2 saturated heterocycles. The summed E-state index contributed by atoms with van der Waals surface area (Å²) in [5.41, 5.74) is 3.35. The van der Waals surface area contributed by atoms with Gasteiger partial charge in [0.25, 0.3) is 0 Å². The molecular weight excluding hydrogens is 592 g/mol. The maximum atomic E-state index is 14.0. The number of hydrogen-bond donors (Lipinski definition) is 2. The van der Waals surface area contributed by atoms with E-state index in [2.05, 4.69) is 15.6 Å². The quantitative estimate of drug-likeness (QED) is 0.321. The Morgan fingerprint density at radius 1 is 1.02 bits per heavy atom. The lowest BCUT2D eigenvalue weighted by Gasteiger charge is -2.32. The van der Waals surface area contributed by atoms with Gasteiger partial charge in [0.15, 0.2) is 0 Å². The van der Waals surface area contributed by atoms with Crippen molar-refractivity contribution in [2.45, 2.75) is 89.3 Å². The molecule has 1 aromatic heterocycles. The highest BCUT2D eigenvalue weighted by Gasteiger charge is 2.39. The predicted octanol–water partition coefficient (Wildman–Crippen LogP) is 3.69. The number of hydrogen-bond acceptors (Lipinski definition) is 8. The topological polar surface area (TPSA) is 127 Å². The SMILES string of the molecule is C[C@@H]1C[C@@H]([C@H](CC2CCCCC2)NC(=O)[C@H](Cc2cscn2)NC(=O)[C@@H](CC(=O)N2CCOCC2)Cc2ccccc2)OC1=O. The summed E-state index contributed by atoms with van der Waals surface area (Å²) < 4.78 is 11.2. The molecule has 1 aliphatic carbocycles. The first-order chi connectivity index (χ1) is 21.9. The van der Waals surface area contributed by atoms with E-state index in [1.54, 1.807) is 10.4 Å². The van der Waals surface area contributed by atoms with Gasteiger partial charge in [-0.25, -0.2) is 4.98 Å². The molecule has 244 valence electrons. The Morgan fingerprint density at radius 3 is 2.44 bits per heavy atom. The number of carbonyl (C=O) groups excluding carboxylic acids is 4. The highest BCUT2D eigenvalue weighted by Crippen LogP contribution is 2.32. The second-order valence-corrected chi connectivity index (χ2v) is 13.5. The molecule has 5 rings (SSSR count). The van der Waals surface area contributed by atoms with Crippen LogP contribution in [0.25, 0.3) is 0 Å². The van der Waals surface area contributed by atoms with E-state index in [0.717, 1.165) is 24.8 Å². The Kier molecular flexibility index (Phi) is 12.0. The first-order valence-corrected chi connectivity index (χ1v) is 17.4. The summed E-state index contributed by atoms with van der Waals surface area (Å²) in [7, 11) is 0. The van der Waals surface area contributed by atoms with Crippen LogP contribution in [0.3, 0.4) is 0 Å². The van der Waals surface area contributed by atoms with Gasteiger partial charge in [0.1, 0.15) is 12.1 Å². The lowest BCUT2D eigenvalue weighted by molar-refractivity contribution is -0.146. The fourth-order valence-corrected chi connectivity index (χ4v) is 7.30. The van der Waals surface area contributed by atoms with Crippen LogP contribution in [0.4, 0.5) is 0 Å². The molecule has 3 heterocycles. The first kappa shape index (κ1) is 33.1. The van der Waals surface area contributed by atoms with Gasteiger partial charge in [0, 0.05) is 31.3 Å². The number of amides is 3. The zero-order valence-corrected chi connectivity index (χ0v) is 27.0. The molecule has 1 saturated carbocycles. The van der Waals surface area contributed by atoms with Crippen LogP contribution in [0.15, 0.2) is 41.2 Å². The number of nitrogens with zero attached hydrogens (tertiary/aromatic N) is 2. The van der Waals surface area contributed by atoms with Crippen LogP contribution < -0.4 is 10.6 Å². The van der Waals surface area contributed by atoms with E-state index >= 15 is 0 Å². The molecule has 45 heavy (non-hydrogen) atoms. The highest BCUT2D eigenvalue weighted by atomic mass is 32.1. The summed E-state index contributed by atoms with van der Waals surface area (Å²) in [4.78, 5) is 59.8. The number of nitrogens with one attached hydrogen (secondary N) is 2. The number of aromatic nitrogens is 1. The van der Waals surface area contributed by atoms with Gasteiger partial charge in [-0.05, 0) is 30.7 Å². The molecule has 5 atom stereocenters. The van der Waals surface area contributed by atoms with Crippen molar-refractivity contribution in [1.82, 2.24) is 20.5 Å². The number of esters is 1. The van der Waals surface area contributed by atoms with Crippen LogP contribution in [-0.2, 0) is 41.5 Å². The van der Waals surface area contributed by atoms with Gasteiger partial charge >= 0.3 is 5.97 Å². The van der Waals surface area contributed by atoms with Gasteiger partial charge in [0.2, 0.25) is 17.7 Å². The fraction of sp³-hybridized carbons (Fsp3) is 0.618. The lowest BCUT2D eigenvalue weighted by atomic mass is 9.83. The van der Waals surface area contributed by atoms with Crippen molar-refractivity contribution in [2.75, 3.05) is 26.3 Å². The normalized spacial score (nSPS) is 22.7. The van der Waals surface area contributed by atoms with Gasteiger partial charge < -0.3 is 25.0 Å². The van der Waals surface area contributed by atoms with E-state index in [0.29, 0.717) is 50.8 Å². The maximum Gasteiger partial charge on any atom is 0.309 e. The van der Waals surface area contributed by atoms with Crippen molar-refractivity contribution in [2.24, 2.45) is 17.8 Å². The van der Waals surface area contributed by atoms with Gasteiger partial charge in [-0.15, -0.1) is 11.3 Å². The number of cyclic esters (lactones) is 1. The van der Waals surface area contributed by atoms with Crippen molar-refractivity contribution >= 4 is 35.0 Å². The van der Waals surface area contributed by atoms with Gasteiger partial charge in [-0.3, -0.25) is 19.2 Å². The summed E-state index contributed by atoms with van der Waals surface area (Å²) in [5.74, 6) is -1.43. The zero-order valence-electron chi connectivity index (χ0n) is 26.2. The summed E-state index contributed by atoms with van der Waals surface area (Å²) in [6, 6.07) is 8.38. The molecule has 1 aromatic carbocycles.